The van der Waals surface area contributed by atoms with E-state index in [0.717, 1.165) is 11.1 Å². The van der Waals surface area contributed by atoms with E-state index in [1.165, 1.54) is 23.4 Å². The molecule has 1 heterocycles. The zero-order valence-corrected chi connectivity index (χ0v) is 10.9. The quantitative estimate of drug-likeness (QED) is 0.897. The number of nitrogens with one attached hydrogen (secondary N) is 1. The molecule has 1 unspecified atom stereocenters. The van der Waals surface area contributed by atoms with Crippen LogP contribution in [0.5, 0.6) is 0 Å². The molecule has 3 heteroatoms. The maximum absolute atomic E-state index is 13.3. The molecule has 0 aliphatic carbocycles. The fourth-order valence-electron chi connectivity index (χ4n) is 2.17. The van der Waals surface area contributed by atoms with E-state index in [2.05, 4.69) is 36.3 Å². The van der Waals surface area contributed by atoms with Gasteiger partial charge in [-0.2, -0.15) is 0 Å². The van der Waals surface area contributed by atoms with Gasteiger partial charge in [0, 0.05) is 6.20 Å². The second-order valence-electron chi connectivity index (χ2n) is 4.45. The zero-order valence-electron chi connectivity index (χ0n) is 10.9. The molecule has 0 saturated carbocycles. The lowest BCUT2D eigenvalue weighted by molar-refractivity contribution is 0.608. The van der Waals surface area contributed by atoms with Crippen LogP contribution in [-0.2, 0) is 0 Å². The van der Waals surface area contributed by atoms with Gasteiger partial charge in [-0.3, -0.25) is 4.98 Å². The van der Waals surface area contributed by atoms with Gasteiger partial charge in [-0.1, -0.05) is 18.2 Å². The third kappa shape index (κ3) is 2.41. The smallest absolute Gasteiger partial charge is 0.141 e. The zero-order chi connectivity index (χ0) is 13.1. The van der Waals surface area contributed by atoms with Crippen LogP contribution >= 0.6 is 0 Å². The predicted molar refractivity (Wildman–Crippen MR) is 71.0 cm³/mol. The Morgan fingerprint density at radius 1 is 1.22 bits per heavy atom. The Morgan fingerprint density at radius 2 is 2.00 bits per heavy atom. The fraction of sp³-hybridized carbons (Fsp3) is 0.267. The third-order valence-electron chi connectivity index (χ3n) is 3.31. The maximum atomic E-state index is 13.3. The lowest BCUT2D eigenvalue weighted by Crippen LogP contribution is -2.19. The van der Waals surface area contributed by atoms with Crippen molar-refractivity contribution in [3.8, 4) is 0 Å². The molecule has 1 aromatic heterocycles. The van der Waals surface area contributed by atoms with Crippen LogP contribution in [0.25, 0.3) is 0 Å². The molecule has 1 aromatic carbocycles. The highest BCUT2D eigenvalue weighted by Gasteiger charge is 2.15. The van der Waals surface area contributed by atoms with Crippen LogP contribution in [0.15, 0.2) is 36.7 Å². The molecule has 2 aromatic rings. The highest BCUT2D eigenvalue weighted by molar-refractivity contribution is 5.40. The lowest BCUT2D eigenvalue weighted by Gasteiger charge is -2.20. The first-order chi connectivity index (χ1) is 8.63. The molecule has 18 heavy (non-hydrogen) atoms. The summed E-state index contributed by atoms with van der Waals surface area (Å²) in [5.74, 6) is -0.307. The molecule has 2 rings (SSSR count). The minimum Gasteiger partial charge on any atom is -0.309 e. The number of hydrogen-bond acceptors (Lipinski definition) is 2. The summed E-state index contributed by atoms with van der Waals surface area (Å²) in [6.45, 7) is 4.16. The molecule has 94 valence electrons. The van der Waals surface area contributed by atoms with Gasteiger partial charge in [0.05, 0.1) is 12.2 Å². The average molecular weight is 244 g/mol. The number of nitrogens with zero attached hydrogens (tertiary/aromatic N) is 1. The van der Waals surface area contributed by atoms with E-state index in [1.54, 1.807) is 6.20 Å². The van der Waals surface area contributed by atoms with Gasteiger partial charge in [0.2, 0.25) is 0 Å². The Kier molecular flexibility index (Phi) is 3.72. The molecular formula is C15H17FN2. The van der Waals surface area contributed by atoms with Crippen molar-refractivity contribution in [1.29, 1.82) is 0 Å². The van der Waals surface area contributed by atoms with Gasteiger partial charge in [0.15, 0.2) is 0 Å². The highest BCUT2D eigenvalue weighted by Crippen LogP contribution is 2.26. The predicted octanol–water partition coefficient (Wildman–Crippen LogP) is 3.15. The molecule has 1 N–H and O–H groups in total. The molecule has 0 amide bonds. The van der Waals surface area contributed by atoms with Crippen molar-refractivity contribution >= 4 is 0 Å². The number of pyridine rings is 1. The SMILES string of the molecule is CNC(c1cncc(F)c1)c1cccc(C)c1C. The van der Waals surface area contributed by atoms with E-state index >= 15 is 0 Å². The van der Waals surface area contributed by atoms with Crippen LogP contribution < -0.4 is 5.32 Å². The van der Waals surface area contributed by atoms with Gasteiger partial charge in [-0.25, -0.2) is 4.39 Å². The largest absolute Gasteiger partial charge is 0.309 e. The number of aryl methyl sites for hydroxylation is 1. The van der Waals surface area contributed by atoms with Crippen LogP contribution in [0, 0.1) is 19.7 Å². The van der Waals surface area contributed by atoms with Crippen LogP contribution in [0.3, 0.4) is 0 Å². The Labute approximate surface area is 107 Å². The van der Waals surface area contributed by atoms with Gasteiger partial charge >= 0.3 is 0 Å². The molecule has 0 fully saturated rings. The van der Waals surface area contributed by atoms with Crippen molar-refractivity contribution in [2.24, 2.45) is 0 Å². The van der Waals surface area contributed by atoms with E-state index in [4.69, 9.17) is 0 Å². The normalized spacial score (nSPS) is 12.4. The van der Waals surface area contributed by atoms with E-state index in [1.807, 2.05) is 13.1 Å². The number of halogens is 1. The maximum Gasteiger partial charge on any atom is 0.141 e. The van der Waals surface area contributed by atoms with Crippen molar-refractivity contribution in [3.05, 3.63) is 64.7 Å². The minimum atomic E-state index is -0.307. The first-order valence-electron chi connectivity index (χ1n) is 5.97. The molecule has 0 saturated heterocycles. The summed E-state index contributed by atoms with van der Waals surface area (Å²) in [6.07, 6.45) is 2.92. The lowest BCUT2D eigenvalue weighted by atomic mass is 9.93. The van der Waals surface area contributed by atoms with Crippen molar-refractivity contribution in [1.82, 2.24) is 10.3 Å². The summed E-state index contributed by atoms with van der Waals surface area (Å²) in [4.78, 5) is 3.92. The standard InChI is InChI=1S/C15H17FN2/c1-10-5-4-6-14(11(10)2)15(17-3)12-7-13(16)9-18-8-12/h4-9,15,17H,1-3H3. The van der Waals surface area contributed by atoms with E-state index in [9.17, 15) is 4.39 Å². The molecule has 0 radical (unpaired) electrons. The highest BCUT2D eigenvalue weighted by atomic mass is 19.1. The Bertz CT molecular complexity index is 552. The topological polar surface area (TPSA) is 24.9 Å². The molecule has 1 atom stereocenters. The number of hydrogen-bond donors (Lipinski definition) is 1. The van der Waals surface area contributed by atoms with Gasteiger partial charge in [0.25, 0.3) is 0 Å². The van der Waals surface area contributed by atoms with Crippen LogP contribution in [0.4, 0.5) is 4.39 Å². The van der Waals surface area contributed by atoms with E-state index in [-0.39, 0.29) is 11.9 Å². The molecule has 0 aliphatic rings. The molecule has 0 bridgehead atoms. The third-order valence-corrected chi connectivity index (χ3v) is 3.31. The molecule has 0 aliphatic heterocycles. The summed E-state index contributed by atoms with van der Waals surface area (Å²) in [5.41, 5.74) is 4.45. The van der Waals surface area contributed by atoms with Crippen molar-refractivity contribution in [2.75, 3.05) is 7.05 Å². The Morgan fingerprint density at radius 3 is 2.67 bits per heavy atom. The summed E-state index contributed by atoms with van der Waals surface area (Å²) in [7, 11) is 1.87. The summed E-state index contributed by atoms with van der Waals surface area (Å²) in [5, 5.41) is 3.22. The van der Waals surface area contributed by atoms with Crippen LogP contribution in [0.2, 0.25) is 0 Å². The van der Waals surface area contributed by atoms with E-state index in [0.29, 0.717) is 0 Å². The van der Waals surface area contributed by atoms with Crippen molar-refractivity contribution in [2.45, 2.75) is 19.9 Å². The molecule has 0 spiro atoms. The van der Waals surface area contributed by atoms with E-state index < -0.39 is 0 Å². The Hall–Kier alpha value is -1.74. The summed E-state index contributed by atoms with van der Waals surface area (Å²) in [6, 6.07) is 7.65. The van der Waals surface area contributed by atoms with Gasteiger partial charge in [0.1, 0.15) is 5.82 Å². The first kappa shape index (κ1) is 12.7. The second kappa shape index (κ2) is 5.27. The summed E-state index contributed by atoms with van der Waals surface area (Å²) >= 11 is 0. The van der Waals surface area contributed by atoms with Crippen LogP contribution in [-0.4, -0.2) is 12.0 Å². The van der Waals surface area contributed by atoms with Crippen LogP contribution in [0.1, 0.15) is 28.3 Å². The molecule has 2 nitrogen and oxygen atoms in total. The minimum absolute atomic E-state index is 0.0342. The fourth-order valence-corrected chi connectivity index (χ4v) is 2.17. The number of rotatable bonds is 3. The monoisotopic (exact) mass is 244 g/mol. The Balaban J connectivity index is 2.49. The van der Waals surface area contributed by atoms with Crippen molar-refractivity contribution in [3.63, 3.8) is 0 Å². The molecular weight excluding hydrogens is 227 g/mol. The van der Waals surface area contributed by atoms with Crippen molar-refractivity contribution < 1.29 is 4.39 Å². The van der Waals surface area contributed by atoms with Gasteiger partial charge in [-0.15, -0.1) is 0 Å². The second-order valence-corrected chi connectivity index (χ2v) is 4.45. The van der Waals surface area contributed by atoms with Gasteiger partial charge < -0.3 is 5.32 Å². The first-order valence-corrected chi connectivity index (χ1v) is 5.97. The number of aromatic nitrogens is 1. The number of benzene rings is 1. The van der Waals surface area contributed by atoms with Gasteiger partial charge in [-0.05, 0) is 49.2 Å². The summed E-state index contributed by atoms with van der Waals surface area (Å²) < 4.78 is 13.3. The average Bonchev–Trinajstić information content (AvgIpc) is 2.35.